The highest BCUT2D eigenvalue weighted by Gasteiger charge is 2.17. The van der Waals surface area contributed by atoms with Gasteiger partial charge in [0.1, 0.15) is 0 Å². The zero-order chi connectivity index (χ0) is 16.3. The Hall–Kier alpha value is -1.81. The van der Waals surface area contributed by atoms with Gasteiger partial charge in [-0.3, -0.25) is 4.79 Å². The molecule has 120 valence electrons. The molecule has 2 aromatic rings. The average molecular weight is 301 g/mol. The number of likely N-dealkylation sites (N-methyl/N-ethyl adjacent to an activating group) is 1. The third-order valence-corrected chi connectivity index (χ3v) is 4.27. The van der Waals surface area contributed by atoms with Crippen molar-refractivity contribution in [3.05, 3.63) is 36.0 Å². The highest BCUT2D eigenvalue weighted by atomic mass is 16.1. The number of nitrogens with zero attached hydrogens (tertiary/aromatic N) is 2. The van der Waals surface area contributed by atoms with Gasteiger partial charge in [-0.25, -0.2) is 0 Å². The number of carbonyl (C=O) groups is 1. The van der Waals surface area contributed by atoms with E-state index in [-0.39, 0.29) is 5.91 Å². The molecule has 0 aliphatic carbocycles. The lowest BCUT2D eigenvalue weighted by molar-refractivity contribution is -0.120. The van der Waals surface area contributed by atoms with Crippen LogP contribution in [0, 0.1) is 5.92 Å². The summed E-state index contributed by atoms with van der Waals surface area (Å²) in [6, 6.07) is 8.56. The Morgan fingerprint density at radius 1 is 1.27 bits per heavy atom. The van der Waals surface area contributed by atoms with Gasteiger partial charge in [-0.1, -0.05) is 32.0 Å². The standard InChI is InChI=1S/C18H27N3O/c1-13(2)17(20(3)4)11-19-18(22)10-14-12-21(5)16-9-7-6-8-15(14)16/h6-9,12-13,17H,10-11H2,1-5H3,(H,19,22)/t17-/m1/s1. The van der Waals surface area contributed by atoms with Crippen LogP contribution in [0.4, 0.5) is 0 Å². The average Bonchev–Trinajstić information content (AvgIpc) is 2.75. The molecular weight excluding hydrogens is 274 g/mol. The maximum atomic E-state index is 12.3. The lowest BCUT2D eigenvalue weighted by Gasteiger charge is -2.28. The molecule has 1 amide bonds. The Bertz CT molecular complexity index is 635. The van der Waals surface area contributed by atoms with Crippen molar-refractivity contribution in [3.63, 3.8) is 0 Å². The van der Waals surface area contributed by atoms with Gasteiger partial charge in [0.25, 0.3) is 0 Å². The molecule has 1 aromatic carbocycles. The monoisotopic (exact) mass is 301 g/mol. The van der Waals surface area contributed by atoms with Crippen molar-refractivity contribution in [1.29, 1.82) is 0 Å². The van der Waals surface area contributed by atoms with Crippen LogP contribution in [0.1, 0.15) is 19.4 Å². The van der Waals surface area contributed by atoms with Crippen LogP contribution in [0.5, 0.6) is 0 Å². The minimum Gasteiger partial charge on any atom is -0.354 e. The lowest BCUT2D eigenvalue weighted by Crippen LogP contribution is -2.43. The zero-order valence-electron chi connectivity index (χ0n) is 14.3. The first-order valence-corrected chi connectivity index (χ1v) is 7.86. The van der Waals surface area contributed by atoms with Crippen molar-refractivity contribution in [2.45, 2.75) is 26.3 Å². The van der Waals surface area contributed by atoms with E-state index >= 15 is 0 Å². The summed E-state index contributed by atoms with van der Waals surface area (Å²) >= 11 is 0. The highest BCUT2D eigenvalue weighted by molar-refractivity contribution is 5.89. The van der Waals surface area contributed by atoms with E-state index in [0.717, 1.165) is 10.9 Å². The fourth-order valence-corrected chi connectivity index (χ4v) is 3.03. The quantitative estimate of drug-likeness (QED) is 0.890. The topological polar surface area (TPSA) is 37.3 Å². The maximum absolute atomic E-state index is 12.3. The molecule has 0 aliphatic rings. The Morgan fingerprint density at radius 3 is 2.59 bits per heavy atom. The Labute approximate surface area is 133 Å². The molecule has 0 fully saturated rings. The molecule has 1 atom stereocenters. The molecule has 0 aliphatic heterocycles. The van der Waals surface area contributed by atoms with Gasteiger partial charge < -0.3 is 14.8 Å². The predicted molar refractivity (Wildman–Crippen MR) is 91.9 cm³/mol. The molecular formula is C18H27N3O. The van der Waals surface area contributed by atoms with Crippen LogP contribution in [-0.2, 0) is 18.3 Å². The number of benzene rings is 1. The summed E-state index contributed by atoms with van der Waals surface area (Å²) < 4.78 is 2.08. The highest BCUT2D eigenvalue weighted by Crippen LogP contribution is 2.20. The summed E-state index contributed by atoms with van der Waals surface area (Å²) in [5, 5.41) is 4.24. The van der Waals surface area contributed by atoms with E-state index in [2.05, 4.69) is 61.1 Å². The SMILES string of the molecule is CC(C)[C@@H](CNC(=O)Cc1cn(C)c2ccccc12)N(C)C. The molecule has 0 saturated carbocycles. The normalized spacial score (nSPS) is 13.0. The molecule has 1 N–H and O–H groups in total. The van der Waals surface area contributed by atoms with Crippen LogP contribution < -0.4 is 5.32 Å². The first-order valence-electron chi connectivity index (χ1n) is 7.86. The van der Waals surface area contributed by atoms with Gasteiger partial charge in [-0.15, -0.1) is 0 Å². The van der Waals surface area contributed by atoms with E-state index in [4.69, 9.17) is 0 Å². The summed E-state index contributed by atoms with van der Waals surface area (Å²) in [5.74, 6) is 0.594. The molecule has 0 radical (unpaired) electrons. The first kappa shape index (κ1) is 16.6. The van der Waals surface area contributed by atoms with Crippen LogP contribution in [-0.4, -0.2) is 42.1 Å². The summed E-state index contributed by atoms with van der Waals surface area (Å²) in [5.41, 5.74) is 2.25. The number of rotatable bonds is 6. The van der Waals surface area contributed by atoms with Crippen LogP contribution in [0.25, 0.3) is 10.9 Å². The number of amides is 1. The third-order valence-electron chi connectivity index (χ3n) is 4.27. The summed E-state index contributed by atoms with van der Waals surface area (Å²) in [4.78, 5) is 14.4. The number of aromatic nitrogens is 1. The minimum atomic E-state index is 0.0869. The van der Waals surface area contributed by atoms with Crippen molar-refractivity contribution in [1.82, 2.24) is 14.8 Å². The number of hydrogen-bond acceptors (Lipinski definition) is 2. The molecule has 4 nitrogen and oxygen atoms in total. The number of fused-ring (bicyclic) bond motifs is 1. The van der Waals surface area contributed by atoms with Gasteiger partial charge in [0.15, 0.2) is 0 Å². The smallest absolute Gasteiger partial charge is 0.224 e. The van der Waals surface area contributed by atoms with E-state index in [9.17, 15) is 4.79 Å². The number of carbonyl (C=O) groups excluding carboxylic acids is 1. The Balaban J connectivity index is 2.02. The van der Waals surface area contributed by atoms with E-state index in [1.165, 1.54) is 5.52 Å². The third kappa shape index (κ3) is 3.69. The van der Waals surface area contributed by atoms with Gasteiger partial charge in [0, 0.05) is 36.7 Å². The molecule has 2 rings (SSSR count). The Kier molecular flexibility index (Phi) is 5.24. The molecule has 0 saturated heterocycles. The maximum Gasteiger partial charge on any atom is 0.224 e. The zero-order valence-corrected chi connectivity index (χ0v) is 14.3. The fraction of sp³-hybridized carbons (Fsp3) is 0.500. The largest absolute Gasteiger partial charge is 0.354 e. The Morgan fingerprint density at radius 2 is 1.95 bits per heavy atom. The van der Waals surface area contributed by atoms with Crippen molar-refractivity contribution < 1.29 is 4.79 Å². The van der Waals surface area contributed by atoms with Crippen LogP contribution in [0.2, 0.25) is 0 Å². The minimum absolute atomic E-state index is 0.0869. The van der Waals surface area contributed by atoms with Crippen molar-refractivity contribution >= 4 is 16.8 Å². The predicted octanol–water partition coefficient (Wildman–Crippen LogP) is 2.42. The second kappa shape index (κ2) is 6.97. The molecule has 0 unspecified atom stereocenters. The van der Waals surface area contributed by atoms with E-state index in [0.29, 0.717) is 24.9 Å². The second-order valence-electron chi connectivity index (χ2n) is 6.54. The number of nitrogens with one attached hydrogen (secondary N) is 1. The van der Waals surface area contributed by atoms with Gasteiger partial charge in [-0.2, -0.15) is 0 Å². The molecule has 1 aromatic heterocycles. The van der Waals surface area contributed by atoms with Gasteiger partial charge in [-0.05, 0) is 31.6 Å². The van der Waals surface area contributed by atoms with E-state index in [1.54, 1.807) is 0 Å². The second-order valence-corrected chi connectivity index (χ2v) is 6.54. The van der Waals surface area contributed by atoms with Gasteiger partial charge >= 0.3 is 0 Å². The lowest BCUT2D eigenvalue weighted by atomic mass is 10.0. The van der Waals surface area contributed by atoms with Crippen molar-refractivity contribution in [3.8, 4) is 0 Å². The van der Waals surface area contributed by atoms with Gasteiger partial charge in [0.2, 0.25) is 5.91 Å². The fourth-order valence-electron chi connectivity index (χ4n) is 3.03. The summed E-state index contributed by atoms with van der Waals surface area (Å²) in [6.07, 6.45) is 2.48. The molecule has 22 heavy (non-hydrogen) atoms. The van der Waals surface area contributed by atoms with E-state index in [1.807, 2.05) is 19.2 Å². The molecule has 1 heterocycles. The summed E-state index contributed by atoms with van der Waals surface area (Å²) in [7, 11) is 6.13. The molecule has 0 bridgehead atoms. The van der Waals surface area contributed by atoms with Crippen LogP contribution >= 0.6 is 0 Å². The first-order chi connectivity index (χ1) is 10.4. The van der Waals surface area contributed by atoms with Crippen molar-refractivity contribution in [2.75, 3.05) is 20.6 Å². The number of para-hydroxylation sites is 1. The van der Waals surface area contributed by atoms with E-state index < -0.39 is 0 Å². The molecule has 4 heteroatoms. The van der Waals surface area contributed by atoms with Gasteiger partial charge in [0.05, 0.1) is 6.42 Å². The van der Waals surface area contributed by atoms with Crippen molar-refractivity contribution in [2.24, 2.45) is 13.0 Å². The molecule has 0 spiro atoms. The van der Waals surface area contributed by atoms with Crippen LogP contribution in [0.3, 0.4) is 0 Å². The number of hydrogen-bond donors (Lipinski definition) is 1. The van der Waals surface area contributed by atoms with Crippen LogP contribution in [0.15, 0.2) is 30.5 Å². The number of aryl methyl sites for hydroxylation is 1. The summed E-state index contributed by atoms with van der Waals surface area (Å²) in [6.45, 7) is 5.05.